The van der Waals surface area contributed by atoms with Crippen LogP contribution in [0.1, 0.15) is 12.8 Å². The molecule has 3 heterocycles. The number of hydrogen-bond acceptors (Lipinski definition) is 6. The standard InChI is InChI=1S/C19H25FN4O3S/c1-26-15-3-2-14(23-8-10-27-11-9-23)17-16(15)21-18(28-17)22-19(25)24-6-4-13(12-20)5-7-24/h2-3,13H,4-12H2,1H3,(H,21,22,25)/i20-1. The summed E-state index contributed by atoms with van der Waals surface area (Å²) < 4.78 is 24.7. The largest absolute Gasteiger partial charge is 0.494 e. The van der Waals surface area contributed by atoms with Crippen LogP contribution in [0.5, 0.6) is 5.75 Å². The third-order valence-corrected chi connectivity index (χ3v) is 6.38. The Bertz CT molecular complexity index is 832. The summed E-state index contributed by atoms with van der Waals surface area (Å²) in [5, 5.41) is 3.47. The molecule has 1 aromatic carbocycles. The van der Waals surface area contributed by atoms with Gasteiger partial charge in [-0.2, -0.15) is 0 Å². The van der Waals surface area contributed by atoms with E-state index in [-0.39, 0.29) is 18.6 Å². The Labute approximate surface area is 167 Å². The number of nitrogens with zero attached hydrogens (tertiary/aromatic N) is 3. The SMILES string of the molecule is COc1ccc(N2CCOCC2)c2sc(NC(=O)N3CCC(C[18F])CC3)nc12. The maximum atomic E-state index is 12.8. The van der Waals surface area contributed by atoms with Gasteiger partial charge in [0, 0.05) is 26.2 Å². The molecule has 1 N–H and O–H groups in total. The molecule has 2 aliphatic heterocycles. The van der Waals surface area contributed by atoms with E-state index in [4.69, 9.17) is 9.47 Å². The maximum absolute atomic E-state index is 12.8. The zero-order chi connectivity index (χ0) is 19.5. The number of morpholine rings is 1. The number of thiazole rings is 1. The summed E-state index contributed by atoms with van der Waals surface area (Å²) in [6.45, 7) is 3.89. The van der Waals surface area contributed by atoms with Gasteiger partial charge in [0.15, 0.2) is 5.13 Å². The highest BCUT2D eigenvalue weighted by Gasteiger charge is 2.24. The van der Waals surface area contributed by atoms with E-state index >= 15 is 0 Å². The average molecular weight is 408 g/mol. The van der Waals surface area contributed by atoms with Gasteiger partial charge in [-0.15, -0.1) is 0 Å². The van der Waals surface area contributed by atoms with Crippen LogP contribution < -0.4 is 15.0 Å². The number of aromatic nitrogens is 1. The number of amides is 2. The number of likely N-dealkylation sites (tertiary alicyclic amines) is 1. The summed E-state index contributed by atoms with van der Waals surface area (Å²) >= 11 is 1.45. The summed E-state index contributed by atoms with van der Waals surface area (Å²) in [7, 11) is 1.62. The third kappa shape index (κ3) is 3.86. The van der Waals surface area contributed by atoms with Gasteiger partial charge in [0.1, 0.15) is 11.3 Å². The van der Waals surface area contributed by atoms with Crippen LogP contribution in [0.3, 0.4) is 0 Å². The first kappa shape index (κ1) is 19.2. The minimum atomic E-state index is -0.308. The lowest BCUT2D eigenvalue weighted by atomic mass is 9.99. The minimum Gasteiger partial charge on any atom is -0.494 e. The third-order valence-electron chi connectivity index (χ3n) is 5.39. The molecule has 0 saturated carbocycles. The molecule has 9 heteroatoms. The van der Waals surface area contributed by atoms with E-state index in [1.165, 1.54) is 11.3 Å². The lowest BCUT2D eigenvalue weighted by molar-refractivity contribution is 0.123. The molecular formula is C19H25FN4O3S. The van der Waals surface area contributed by atoms with Gasteiger partial charge in [-0.25, -0.2) is 9.78 Å². The average Bonchev–Trinajstić information content (AvgIpc) is 3.17. The number of carbonyl (C=O) groups is 1. The van der Waals surface area contributed by atoms with Gasteiger partial charge in [-0.05, 0) is 30.9 Å². The van der Waals surface area contributed by atoms with Gasteiger partial charge in [0.25, 0.3) is 0 Å². The van der Waals surface area contributed by atoms with Crippen molar-refractivity contribution in [3.63, 3.8) is 0 Å². The van der Waals surface area contributed by atoms with Crippen LogP contribution in [-0.4, -0.2) is 69.1 Å². The lowest BCUT2D eigenvalue weighted by Crippen LogP contribution is -2.41. The molecule has 1 aromatic heterocycles. The number of piperidine rings is 1. The highest BCUT2D eigenvalue weighted by molar-refractivity contribution is 7.23. The monoisotopic (exact) mass is 407 g/mol. The van der Waals surface area contributed by atoms with Crippen LogP contribution in [0.2, 0.25) is 0 Å². The maximum Gasteiger partial charge on any atom is 0.323 e. The van der Waals surface area contributed by atoms with Crippen LogP contribution in [0.15, 0.2) is 12.1 Å². The first-order valence-electron chi connectivity index (χ1n) is 9.61. The molecule has 4 rings (SSSR count). The van der Waals surface area contributed by atoms with E-state index in [1.807, 2.05) is 12.1 Å². The number of hydrogen-bond donors (Lipinski definition) is 1. The van der Waals surface area contributed by atoms with E-state index in [9.17, 15) is 9.18 Å². The van der Waals surface area contributed by atoms with E-state index in [1.54, 1.807) is 12.0 Å². The molecule has 0 unspecified atom stereocenters. The molecule has 2 saturated heterocycles. The second-order valence-electron chi connectivity index (χ2n) is 7.10. The Hall–Kier alpha value is -2.13. The molecule has 2 aliphatic rings. The summed E-state index contributed by atoms with van der Waals surface area (Å²) in [6, 6.07) is 3.78. The normalized spacial score (nSPS) is 18.5. The van der Waals surface area contributed by atoms with Gasteiger partial charge in [-0.1, -0.05) is 11.3 Å². The Morgan fingerprint density at radius 2 is 2.07 bits per heavy atom. The van der Waals surface area contributed by atoms with Crippen molar-refractivity contribution < 1.29 is 18.7 Å². The molecular weight excluding hydrogens is 382 g/mol. The fraction of sp³-hybridized carbons (Fsp3) is 0.579. The molecule has 0 radical (unpaired) electrons. The van der Waals surface area contributed by atoms with E-state index < -0.39 is 0 Å². The summed E-state index contributed by atoms with van der Waals surface area (Å²) in [6.07, 6.45) is 1.41. The zero-order valence-corrected chi connectivity index (χ0v) is 16.8. The highest BCUT2D eigenvalue weighted by Crippen LogP contribution is 2.39. The smallest absolute Gasteiger partial charge is 0.323 e. The van der Waals surface area contributed by atoms with Gasteiger partial charge in [-0.3, -0.25) is 9.71 Å². The molecule has 28 heavy (non-hydrogen) atoms. The van der Waals surface area contributed by atoms with Crippen molar-refractivity contribution >= 4 is 38.4 Å². The minimum absolute atomic E-state index is 0.0758. The topological polar surface area (TPSA) is 66.9 Å². The summed E-state index contributed by atoms with van der Waals surface area (Å²) in [5.41, 5.74) is 1.84. The molecule has 0 atom stereocenters. The van der Waals surface area contributed by atoms with Gasteiger partial charge >= 0.3 is 6.03 Å². The highest BCUT2D eigenvalue weighted by atomic mass is 32.1. The van der Waals surface area contributed by atoms with Crippen LogP contribution in [0, 0.1) is 5.92 Å². The molecule has 2 amide bonds. The second-order valence-corrected chi connectivity index (χ2v) is 8.10. The van der Waals surface area contributed by atoms with Crippen LogP contribution >= 0.6 is 11.3 Å². The van der Waals surface area contributed by atoms with E-state index in [0.717, 1.165) is 29.0 Å². The lowest BCUT2D eigenvalue weighted by Gasteiger charge is -2.30. The van der Waals surface area contributed by atoms with E-state index in [2.05, 4.69) is 15.2 Å². The first-order chi connectivity index (χ1) is 13.7. The van der Waals surface area contributed by atoms with Gasteiger partial charge in [0.05, 0.1) is 37.4 Å². The van der Waals surface area contributed by atoms with Crippen molar-refractivity contribution in [2.75, 3.05) is 63.4 Å². The second kappa shape index (κ2) is 8.48. The number of halogens is 1. The van der Waals surface area contributed by atoms with Crippen molar-refractivity contribution in [3.8, 4) is 5.75 Å². The predicted molar refractivity (Wildman–Crippen MR) is 108 cm³/mol. The molecule has 152 valence electrons. The molecule has 2 aromatic rings. The van der Waals surface area contributed by atoms with Crippen molar-refractivity contribution in [3.05, 3.63) is 12.1 Å². The number of anilines is 2. The van der Waals surface area contributed by atoms with Crippen LogP contribution in [0.4, 0.5) is 20.0 Å². The first-order valence-corrected chi connectivity index (χ1v) is 10.4. The number of methoxy groups -OCH3 is 1. The van der Waals surface area contributed by atoms with Crippen molar-refractivity contribution in [2.24, 2.45) is 5.92 Å². The molecule has 0 aliphatic carbocycles. The number of nitrogens with one attached hydrogen (secondary N) is 1. The Morgan fingerprint density at radius 1 is 1.32 bits per heavy atom. The fourth-order valence-corrected chi connectivity index (χ4v) is 4.72. The van der Waals surface area contributed by atoms with Crippen LogP contribution in [-0.2, 0) is 4.74 Å². The summed E-state index contributed by atoms with van der Waals surface area (Å²) in [5.74, 6) is 0.763. The van der Waals surface area contributed by atoms with Crippen molar-refractivity contribution in [1.29, 1.82) is 0 Å². The number of rotatable bonds is 4. The quantitative estimate of drug-likeness (QED) is 0.842. The molecule has 0 bridgehead atoms. The van der Waals surface area contributed by atoms with Gasteiger partial charge in [0.2, 0.25) is 0 Å². The number of benzene rings is 1. The molecule has 2 fully saturated rings. The summed E-state index contributed by atoms with van der Waals surface area (Å²) in [4.78, 5) is 21.2. The Morgan fingerprint density at radius 3 is 2.75 bits per heavy atom. The molecule has 7 nitrogen and oxygen atoms in total. The van der Waals surface area contributed by atoms with Crippen molar-refractivity contribution in [1.82, 2.24) is 9.88 Å². The number of carbonyl (C=O) groups excluding carboxylic acids is 1. The number of alkyl halides is 1. The Balaban J connectivity index is 1.55. The number of urea groups is 1. The number of fused-ring (bicyclic) bond motifs is 1. The predicted octanol–water partition coefficient (Wildman–Crippen LogP) is 3.35. The molecule has 0 spiro atoms. The van der Waals surface area contributed by atoms with Crippen LogP contribution in [0.25, 0.3) is 10.2 Å². The fourth-order valence-electron chi connectivity index (χ4n) is 3.70. The van der Waals surface area contributed by atoms with E-state index in [0.29, 0.717) is 50.0 Å². The number of ether oxygens (including phenoxy) is 2. The van der Waals surface area contributed by atoms with Gasteiger partial charge < -0.3 is 19.3 Å². The zero-order valence-electron chi connectivity index (χ0n) is 15.9. The van der Waals surface area contributed by atoms with Crippen molar-refractivity contribution in [2.45, 2.75) is 12.8 Å². The Kier molecular flexibility index (Phi) is 5.82.